The van der Waals surface area contributed by atoms with Gasteiger partial charge >= 0.3 is 0 Å². The molecule has 0 spiro atoms. The number of hydrogen-bond acceptors (Lipinski definition) is 3. The Morgan fingerprint density at radius 3 is 2.53 bits per heavy atom. The number of fused-ring (bicyclic) bond motifs is 1. The molecule has 1 aliphatic rings. The zero-order valence-corrected chi connectivity index (χ0v) is 12.0. The summed E-state index contributed by atoms with van der Waals surface area (Å²) in [6.45, 7) is 6.52. The molecule has 0 bridgehead atoms. The molecular formula is C14H23N5. The van der Waals surface area contributed by atoms with Crippen molar-refractivity contribution < 1.29 is 0 Å². The second-order valence-electron chi connectivity index (χ2n) is 6.67. The van der Waals surface area contributed by atoms with E-state index >= 15 is 0 Å². The van der Waals surface area contributed by atoms with Crippen LogP contribution in [0.15, 0.2) is 0 Å². The first-order valence-corrected chi connectivity index (χ1v) is 7.21. The van der Waals surface area contributed by atoms with E-state index in [9.17, 15) is 0 Å². The minimum atomic E-state index is -0.0177. The van der Waals surface area contributed by atoms with Gasteiger partial charge in [0.2, 0.25) is 0 Å². The third-order valence-corrected chi connectivity index (χ3v) is 4.07. The first kappa shape index (κ1) is 12.5. The predicted octanol–water partition coefficient (Wildman–Crippen LogP) is 3.14. The summed E-state index contributed by atoms with van der Waals surface area (Å²) in [5.74, 6) is 0.641. The first-order valence-electron chi connectivity index (χ1n) is 7.21. The Morgan fingerprint density at radius 2 is 1.89 bits per heavy atom. The highest BCUT2D eigenvalue weighted by Crippen LogP contribution is 2.36. The number of hydrogen-bond donors (Lipinski definition) is 2. The summed E-state index contributed by atoms with van der Waals surface area (Å²) in [7, 11) is 0. The summed E-state index contributed by atoms with van der Waals surface area (Å²) >= 11 is 0. The van der Waals surface area contributed by atoms with Gasteiger partial charge in [0.05, 0.1) is 17.1 Å². The number of nitrogens with one attached hydrogen (secondary N) is 1. The van der Waals surface area contributed by atoms with Crippen LogP contribution in [-0.2, 0) is 5.41 Å². The van der Waals surface area contributed by atoms with Crippen molar-refractivity contribution in [3.05, 3.63) is 5.69 Å². The Morgan fingerprint density at radius 1 is 1.21 bits per heavy atom. The third kappa shape index (κ3) is 2.01. The first-order chi connectivity index (χ1) is 8.98. The van der Waals surface area contributed by atoms with Crippen molar-refractivity contribution in [2.75, 3.05) is 5.73 Å². The molecule has 2 heterocycles. The maximum absolute atomic E-state index is 6.05. The number of aromatic amines is 1. The number of aromatic nitrogens is 4. The second-order valence-corrected chi connectivity index (χ2v) is 6.67. The molecular weight excluding hydrogens is 238 g/mol. The van der Waals surface area contributed by atoms with Crippen molar-refractivity contribution in [1.29, 1.82) is 0 Å². The second kappa shape index (κ2) is 4.25. The molecule has 0 atom stereocenters. The highest BCUT2D eigenvalue weighted by atomic mass is 15.4. The van der Waals surface area contributed by atoms with Gasteiger partial charge in [0, 0.05) is 5.41 Å². The van der Waals surface area contributed by atoms with Crippen LogP contribution in [0.3, 0.4) is 0 Å². The largest absolute Gasteiger partial charge is 0.383 e. The molecule has 3 N–H and O–H groups in total. The van der Waals surface area contributed by atoms with Gasteiger partial charge in [-0.3, -0.25) is 5.10 Å². The number of nitrogen functional groups attached to an aromatic ring is 1. The summed E-state index contributed by atoms with van der Waals surface area (Å²) in [5.41, 5.74) is 8.01. The van der Waals surface area contributed by atoms with Crippen LogP contribution in [0.25, 0.3) is 11.0 Å². The normalized spacial score (nSPS) is 18.3. The van der Waals surface area contributed by atoms with Crippen molar-refractivity contribution in [3.63, 3.8) is 0 Å². The lowest BCUT2D eigenvalue weighted by Crippen LogP contribution is -2.17. The van der Waals surface area contributed by atoms with Gasteiger partial charge in [-0.15, -0.1) is 0 Å². The fourth-order valence-electron chi connectivity index (χ4n) is 3.05. The molecule has 3 rings (SSSR count). The Bertz CT molecular complexity index is 581. The van der Waals surface area contributed by atoms with Gasteiger partial charge in [0.25, 0.3) is 0 Å². The number of rotatable bonds is 1. The maximum atomic E-state index is 6.05. The van der Waals surface area contributed by atoms with Crippen molar-refractivity contribution in [2.24, 2.45) is 0 Å². The number of H-pyrrole nitrogens is 1. The molecule has 0 saturated heterocycles. The summed E-state index contributed by atoms with van der Waals surface area (Å²) in [6.07, 6.45) is 6.32. The Labute approximate surface area is 113 Å². The van der Waals surface area contributed by atoms with Gasteiger partial charge in [-0.05, 0) is 12.8 Å². The van der Waals surface area contributed by atoms with Gasteiger partial charge < -0.3 is 5.73 Å². The van der Waals surface area contributed by atoms with E-state index in [1.165, 1.54) is 32.1 Å². The molecule has 5 heteroatoms. The molecule has 1 aliphatic carbocycles. The topological polar surface area (TPSA) is 72.5 Å². The minimum absolute atomic E-state index is 0.0177. The lowest BCUT2D eigenvalue weighted by atomic mass is 9.91. The molecule has 0 aromatic carbocycles. The van der Waals surface area contributed by atoms with Gasteiger partial charge in [-0.25, -0.2) is 4.68 Å². The molecule has 2 aromatic heterocycles. The number of anilines is 1. The Balaban J connectivity index is 2.15. The van der Waals surface area contributed by atoms with E-state index in [2.05, 4.69) is 35.7 Å². The SMILES string of the molecule is CC(C)(C)c1nn(C2CCCCC2)c2n[nH]c(N)c12. The lowest BCUT2D eigenvalue weighted by Gasteiger charge is -2.22. The van der Waals surface area contributed by atoms with Gasteiger partial charge in [-0.1, -0.05) is 40.0 Å². The van der Waals surface area contributed by atoms with Gasteiger partial charge in [0.1, 0.15) is 5.82 Å². The molecule has 0 aliphatic heterocycles. The lowest BCUT2D eigenvalue weighted by molar-refractivity contribution is 0.331. The summed E-state index contributed by atoms with van der Waals surface area (Å²) in [5, 5.41) is 13.2. The zero-order chi connectivity index (χ0) is 13.6. The summed E-state index contributed by atoms with van der Waals surface area (Å²) in [6, 6.07) is 0.482. The average molecular weight is 261 g/mol. The third-order valence-electron chi connectivity index (χ3n) is 4.07. The van der Waals surface area contributed by atoms with E-state index < -0.39 is 0 Å². The minimum Gasteiger partial charge on any atom is -0.383 e. The molecule has 19 heavy (non-hydrogen) atoms. The van der Waals surface area contributed by atoms with Crippen LogP contribution in [0.1, 0.15) is 64.6 Å². The van der Waals surface area contributed by atoms with Crippen molar-refractivity contribution in [2.45, 2.75) is 64.3 Å². The van der Waals surface area contributed by atoms with Crippen LogP contribution < -0.4 is 5.73 Å². The van der Waals surface area contributed by atoms with E-state index in [1.807, 2.05) is 0 Å². The molecule has 1 fully saturated rings. The number of nitrogens with zero attached hydrogens (tertiary/aromatic N) is 3. The Hall–Kier alpha value is -1.52. The highest BCUT2D eigenvalue weighted by molar-refractivity contribution is 5.89. The van der Waals surface area contributed by atoms with Crippen molar-refractivity contribution >= 4 is 16.9 Å². The predicted molar refractivity (Wildman–Crippen MR) is 77.1 cm³/mol. The molecule has 0 unspecified atom stereocenters. The van der Waals surface area contributed by atoms with Crippen molar-refractivity contribution in [1.82, 2.24) is 20.0 Å². The van der Waals surface area contributed by atoms with Crippen LogP contribution in [0.4, 0.5) is 5.82 Å². The molecule has 0 amide bonds. The van der Waals surface area contributed by atoms with E-state index in [-0.39, 0.29) is 5.41 Å². The quantitative estimate of drug-likeness (QED) is 0.828. The van der Waals surface area contributed by atoms with Gasteiger partial charge in [0.15, 0.2) is 5.65 Å². The van der Waals surface area contributed by atoms with Crippen LogP contribution in [0, 0.1) is 0 Å². The van der Waals surface area contributed by atoms with E-state index in [1.54, 1.807) is 0 Å². The maximum Gasteiger partial charge on any atom is 0.182 e. The van der Waals surface area contributed by atoms with Crippen LogP contribution in [-0.4, -0.2) is 20.0 Å². The molecule has 0 radical (unpaired) electrons. The Kier molecular flexibility index (Phi) is 2.80. The standard InChI is InChI=1S/C14H23N5/c1-14(2,3)11-10-12(15)16-17-13(10)19(18-11)9-7-5-4-6-8-9/h9H,4-8H2,1-3H3,(H3,15,16,17). The van der Waals surface area contributed by atoms with Crippen LogP contribution in [0.2, 0.25) is 0 Å². The molecule has 2 aromatic rings. The average Bonchev–Trinajstić information content (AvgIpc) is 2.91. The fourth-order valence-corrected chi connectivity index (χ4v) is 3.05. The molecule has 1 saturated carbocycles. The highest BCUT2D eigenvalue weighted by Gasteiger charge is 2.28. The van der Waals surface area contributed by atoms with Gasteiger partial charge in [-0.2, -0.15) is 10.2 Å². The van der Waals surface area contributed by atoms with E-state index in [0.29, 0.717) is 11.9 Å². The van der Waals surface area contributed by atoms with Crippen molar-refractivity contribution in [3.8, 4) is 0 Å². The number of nitrogens with two attached hydrogens (primary N) is 1. The fraction of sp³-hybridized carbons (Fsp3) is 0.714. The molecule has 5 nitrogen and oxygen atoms in total. The monoisotopic (exact) mass is 261 g/mol. The van der Waals surface area contributed by atoms with E-state index in [4.69, 9.17) is 10.8 Å². The summed E-state index contributed by atoms with van der Waals surface area (Å²) in [4.78, 5) is 0. The smallest absolute Gasteiger partial charge is 0.182 e. The molecule has 104 valence electrons. The van der Waals surface area contributed by atoms with Crippen LogP contribution >= 0.6 is 0 Å². The zero-order valence-electron chi connectivity index (χ0n) is 12.0. The van der Waals surface area contributed by atoms with Crippen LogP contribution in [0.5, 0.6) is 0 Å². The van der Waals surface area contributed by atoms with E-state index in [0.717, 1.165) is 16.7 Å². The summed E-state index contributed by atoms with van der Waals surface area (Å²) < 4.78 is 2.11.